The molecule has 0 aliphatic heterocycles. The molecule has 21 heavy (non-hydrogen) atoms. The summed E-state index contributed by atoms with van der Waals surface area (Å²) in [5.74, 6) is 0.661. The Balaban J connectivity index is 2.10. The molecule has 1 unspecified atom stereocenters. The molecule has 0 amide bonds. The molecule has 5 nitrogen and oxygen atoms in total. The molecule has 2 aromatic rings. The molecule has 2 aromatic heterocycles. The van der Waals surface area contributed by atoms with E-state index >= 15 is 0 Å². The summed E-state index contributed by atoms with van der Waals surface area (Å²) >= 11 is 0. The third-order valence-electron chi connectivity index (χ3n) is 3.06. The molecule has 0 aliphatic carbocycles. The molecule has 114 valence electrons. The summed E-state index contributed by atoms with van der Waals surface area (Å²) in [6.45, 7) is 8.50. The van der Waals surface area contributed by atoms with E-state index in [1.54, 1.807) is 24.7 Å². The zero-order chi connectivity index (χ0) is 15.5. The summed E-state index contributed by atoms with van der Waals surface area (Å²) in [4.78, 5) is 11.2. The maximum atomic E-state index is 14.5. The quantitative estimate of drug-likeness (QED) is 0.792. The van der Waals surface area contributed by atoms with Gasteiger partial charge in [-0.25, -0.2) is 14.4 Å². The van der Waals surface area contributed by atoms with Gasteiger partial charge in [-0.2, -0.15) is 0 Å². The lowest BCUT2D eigenvalue weighted by Crippen LogP contribution is -2.35. The van der Waals surface area contributed by atoms with Crippen LogP contribution in [0, 0.1) is 5.82 Å². The number of rotatable bonds is 5. The van der Waals surface area contributed by atoms with Gasteiger partial charge in [-0.1, -0.05) is 0 Å². The van der Waals surface area contributed by atoms with Crippen LogP contribution in [-0.2, 0) is 6.54 Å². The molecular formula is C15H22FN5. The van der Waals surface area contributed by atoms with Crippen molar-refractivity contribution in [3.8, 4) is 0 Å². The second-order valence-electron chi connectivity index (χ2n) is 6.08. The fourth-order valence-electron chi connectivity index (χ4n) is 1.87. The van der Waals surface area contributed by atoms with E-state index in [2.05, 4.69) is 25.6 Å². The smallest absolute Gasteiger partial charge is 0.169 e. The van der Waals surface area contributed by atoms with Crippen molar-refractivity contribution in [2.24, 2.45) is 0 Å². The van der Waals surface area contributed by atoms with E-state index < -0.39 is 0 Å². The van der Waals surface area contributed by atoms with Crippen molar-refractivity contribution >= 4 is 5.82 Å². The van der Waals surface area contributed by atoms with Crippen LogP contribution in [0.4, 0.5) is 10.2 Å². The highest BCUT2D eigenvalue weighted by molar-refractivity contribution is 5.41. The van der Waals surface area contributed by atoms with Crippen LogP contribution >= 0.6 is 0 Å². The molecule has 2 rings (SSSR count). The van der Waals surface area contributed by atoms with Crippen molar-refractivity contribution in [2.75, 3.05) is 5.32 Å². The molecule has 0 saturated carbocycles. The first kappa shape index (κ1) is 15.4. The van der Waals surface area contributed by atoms with E-state index in [-0.39, 0.29) is 23.2 Å². The summed E-state index contributed by atoms with van der Waals surface area (Å²) < 4.78 is 14.5. The normalized spacial score (nSPS) is 13.2. The van der Waals surface area contributed by atoms with Gasteiger partial charge in [0.15, 0.2) is 11.6 Å². The molecule has 0 saturated heterocycles. The minimum absolute atomic E-state index is 0.0647. The van der Waals surface area contributed by atoms with Crippen molar-refractivity contribution in [2.45, 2.75) is 45.8 Å². The van der Waals surface area contributed by atoms with Gasteiger partial charge in [0.25, 0.3) is 0 Å². The molecule has 3 N–H and O–H groups in total. The number of nitrogens with one attached hydrogen (secondary N) is 3. The summed E-state index contributed by atoms with van der Waals surface area (Å²) in [5, 5.41) is 6.32. The molecule has 0 spiro atoms. The third kappa shape index (κ3) is 4.26. The number of hydrogen-bond donors (Lipinski definition) is 3. The van der Waals surface area contributed by atoms with Crippen molar-refractivity contribution in [3.63, 3.8) is 0 Å². The van der Waals surface area contributed by atoms with Crippen molar-refractivity contribution in [1.29, 1.82) is 0 Å². The number of anilines is 1. The standard InChI is InChI=1S/C15H22FN5/c1-10(13-18-7-8-19-13)21-14-12(16)11(5-6-17-14)9-20-15(2,3)4/h5-8,10,20H,9H2,1-4H3,(H,17,21)(H,18,19). The van der Waals surface area contributed by atoms with Gasteiger partial charge in [0.05, 0.1) is 6.04 Å². The van der Waals surface area contributed by atoms with Gasteiger partial charge in [-0.3, -0.25) is 0 Å². The maximum Gasteiger partial charge on any atom is 0.169 e. The lowest BCUT2D eigenvalue weighted by atomic mass is 10.1. The Bertz CT molecular complexity index is 574. The molecule has 0 aromatic carbocycles. The summed E-state index contributed by atoms with van der Waals surface area (Å²) in [7, 11) is 0. The lowest BCUT2D eigenvalue weighted by Gasteiger charge is -2.21. The molecule has 0 fully saturated rings. The van der Waals surface area contributed by atoms with Crippen molar-refractivity contribution in [3.05, 3.63) is 41.9 Å². The van der Waals surface area contributed by atoms with E-state index in [1.165, 1.54) is 0 Å². The summed E-state index contributed by atoms with van der Waals surface area (Å²) in [6.07, 6.45) is 5.02. The average molecular weight is 291 g/mol. The molecule has 2 heterocycles. The summed E-state index contributed by atoms with van der Waals surface area (Å²) in [5.41, 5.74) is 0.527. The second-order valence-corrected chi connectivity index (χ2v) is 6.08. The number of aromatic amines is 1. The Labute approximate surface area is 124 Å². The van der Waals surface area contributed by atoms with E-state index in [1.807, 2.05) is 27.7 Å². The number of H-pyrrole nitrogens is 1. The van der Waals surface area contributed by atoms with Crippen LogP contribution in [0.2, 0.25) is 0 Å². The predicted octanol–water partition coefficient (Wildman–Crippen LogP) is 3.01. The number of imidazole rings is 1. The van der Waals surface area contributed by atoms with E-state index in [4.69, 9.17) is 0 Å². The van der Waals surface area contributed by atoms with E-state index in [0.717, 1.165) is 5.82 Å². The number of pyridine rings is 1. The second kappa shape index (κ2) is 6.22. The Morgan fingerprint density at radius 3 is 2.67 bits per heavy atom. The Morgan fingerprint density at radius 1 is 1.29 bits per heavy atom. The van der Waals surface area contributed by atoms with Gasteiger partial charge in [-0.15, -0.1) is 0 Å². The number of nitrogens with zero attached hydrogens (tertiary/aromatic N) is 2. The Hall–Kier alpha value is -1.95. The van der Waals surface area contributed by atoms with Crippen LogP contribution in [0.1, 0.15) is 45.1 Å². The van der Waals surface area contributed by atoms with Crippen molar-refractivity contribution < 1.29 is 4.39 Å². The van der Waals surface area contributed by atoms with Crippen LogP contribution in [0.5, 0.6) is 0 Å². The highest BCUT2D eigenvalue weighted by Gasteiger charge is 2.16. The first-order valence-corrected chi connectivity index (χ1v) is 7.01. The highest BCUT2D eigenvalue weighted by atomic mass is 19.1. The molecule has 0 bridgehead atoms. The minimum atomic E-state index is -0.326. The molecular weight excluding hydrogens is 269 g/mol. The Morgan fingerprint density at radius 2 is 2.05 bits per heavy atom. The monoisotopic (exact) mass is 291 g/mol. The lowest BCUT2D eigenvalue weighted by molar-refractivity contribution is 0.418. The van der Waals surface area contributed by atoms with Gasteiger partial charge in [-0.05, 0) is 33.8 Å². The number of hydrogen-bond acceptors (Lipinski definition) is 4. The zero-order valence-electron chi connectivity index (χ0n) is 12.9. The van der Waals surface area contributed by atoms with Gasteiger partial charge in [0.2, 0.25) is 0 Å². The van der Waals surface area contributed by atoms with Gasteiger partial charge >= 0.3 is 0 Å². The first-order chi connectivity index (χ1) is 9.87. The van der Waals surface area contributed by atoms with E-state index in [9.17, 15) is 4.39 Å². The van der Waals surface area contributed by atoms with Crippen LogP contribution in [-0.4, -0.2) is 20.5 Å². The molecule has 0 radical (unpaired) electrons. The molecule has 6 heteroatoms. The van der Waals surface area contributed by atoms with Gasteiger partial charge in [0, 0.05) is 36.2 Å². The zero-order valence-corrected chi connectivity index (χ0v) is 12.9. The third-order valence-corrected chi connectivity index (χ3v) is 3.06. The van der Waals surface area contributed by atoms with Crippen LogP contribution in [0.25, 0.3) is 0 Å². The first-order valence-electron chi connectivity index (χ1n) is 7.01. The average Bonchev–Trinajstić information content (AvgIpc) is 2.92. The topological polar surface area (TPSA) is 65.6 Å². The largest absolute Gasteiger partial charge is 0.358 e. The maximum absolute atomic E-state index is 14.5. The predicted molar refractivity (Wildman–Crippen MR) is 81.4 cm³/mol. The number of halogens is 1. The molecule has 0 aliphatic rings. The van der Waals surface area contributed by atoms with Crippen LogP contribution in [0.15, 0.2) is 24.7 Å². The van der Waals surface area contributed by atoms with Crippen LogP contribution in [0.3, 0.4) is 0 Å². The van der Waals surface area contributed by atoms with Crippen molar-refractivity contribution in [1.82, 2.24) is 20.3 Å². The van der Waals surface area contributed by atoms with Gasteiger partial charge in [0.1, 0.15) is 5.82 Å². The SMILES string of the molecule is CC(Nc1nccc(CNC(C)(C)C)c1F)c1ncc[nH]1. The highest BCUT2D eigenvalue weighted by Crippen LogP contribution is 2.20. The van der Waals surface area contributed by atoms with Crippen LogP contribution < -0.4 is 10.6 Å². The fraction of sp³-hybridized carbons (Fsp3) is 0.467. The summed E-state index contributed by atoms with van der Waals surface area (Å²) in [6, 6.07) is 1.55. The fourth-order valence-corrected chi connectivity index (χ4v) is 1.87. The van der Waals surface area contributed by atoms with E-state index in [0.29, 0.717) is 12.1 Å². The van der Waals surface area contributed by atoms with Gasteiger partial charge < -0.3 is 15.6 Å². The Kier molecular flexibility index (Phi) is 4.57. The minimum Gasteiger partial charge on any atom is -0.358 e. The number of aromatic nitrogens is 3. The molecule has 1 atom stereocenters.